The third-order valence-electron chi connectivity index (χ3n) is 3.96. The summed E-state index contributed by atoms with van der Waals surface area (Å²) in [6.45, 7) is 10.0. The van der Waals surface area contributed by atoms with E-state index in [0.717, 1.165) is 13.1 Å². The van der Waals surface area contributed by atoms with E-state index in [1.165, 1.54) is 51.0 Å². The lowest BCUT2D eigenvalue weighted by atomic mass is 10.0. The van der Waals surface area contributed by atoms with E-state index < -0.39 is 0 Å². The first kappa shape index (κ1) is 14.5. The van der Waals surface area contributed by atoms with Gasteiger partial charge < -0.3 is 9.88 Å². The molecule has 4 heteroatoms. The molecule has 4 nitrogen and oxygen atoms in total. The summed E-state index contributed by atoms with van der Waals surface area (Å²) in [5.74, 6) is 0. The summed E-state index contributed by atoms with van der Waals surface area (Å²) < 4.78 is 2.25. The van der Waals surface area contributed by atoms with Crippen LogP contribution in [0.1, 0.15) is 45.2 Å². The molecule has 1 aliphatic heterocycles. The first-order chi connectivity index (χ1) is 9.33. The van der Waals surface area contributed by atoms with Gasteiger partial charge in [0, 0.05) is 31.9 Å². The van der Waals surface area contributed by atoms with Crippen LogP contribution in [0, 0.1) is 0 Å². The molecule has 1 aliphatic rings. The Labute approximate surface area is 117 Å². The molecule has 1 unspecified atom stereocenters. The normalized spacial score (nSPS) is 20.1. The minimum atomic E-state index is 0.679. The minimum Gasteiger partial charge on any atom is -0.334 e. The Morgan fingerprint density at radius 3 is 3.00 bits per heavy atom. The highest BCUT2D eigenvalue weighted by molar-refractivity contribution is 4.98. The highest BCUT2D eigenvalue weighted by atomic mass is 15.2. The van der Waals surface area contributed by atoms with Crippen molar-refractivity contribution in [3.63, 3.8) is 0 Å². The molecule has 0 radical (unpaired) electrons. The number of nitrogens with zero attached hydrogens (tertiary/aromatic N) is 3. The second kappa shape index (κ2) is 7.65. The van der Waals surface area contributed by atoms with Crippen LogP contribution in [0.15, 0.2) is 12.5 Å². The number of hydrogen-bond donors (Lipinski definition) is 1. The first-order valence-corrected chi connectivity index (χ1v) is 7.78. The van der Waals surface area contributed by atoms with E-state index in [1.54, 1.807) is 0 Å². The zero-order valence-electron chi connectivity index (χ0n) is 12.4. The quantitative estimate of drug-likeness (QED) is 0.820. The molecular formula is C15H28N4. The van der Waals surface area contributed by atoms with Gasteiger partial charge in [0.2, 0.25) is 0 Å². The number of piperidine rings is 1. The third-order valence-corrected chi connectivity index (χ3v) is 3.96. The molecule has 1 aromatic heterocycles. The highest BCUT2D eigenvalue weighted by Crippen LogP contribution is 2.11. The lowest BCUT2D eigenvalue weighted by Crippen LogP contribution is -2.43. The van der Waals surface area contributed by atoms with Crippen molar-refractivity contribution in [2.45, 2.75) is 58.7 Å². The number of nitrogens with one attached hydrogen (secondary N) is 1. The number of aromatic nitrogens is 2. The van der Waals surface area contributed by atoms with Crippen molar-refractivity contribution in [3.05, 3.63) is 18.2 Å². The van der Waals surface area contributed by atoms with Gasteiger partial charge >= 0.3 is 0 Å². The van der Waals surface area contributed by atoms with E-state index >= 15 is 0 Å². The highest BCUT2D eigenvalue weighted by Gasteiger charge is 2.17. The van der Waals surface area contributed by atoms with E-state index in [-0.39, 0.29) is 0 Å². The van der Waals surface area contributed by atoms with Crippen molar-refractivity contribution < 1.29 is 0 Å². The van der Waals surface area contributed by atoms with Gasteiger partial charge in [-0.25, -0.2) is 4.98 Å². The largest absolute Gasteiger partial charge is 0.334 e. The van der Waals surface area contributed by atoms with Crippen LogP contribution in [0.4, 0.5) is 0 Å². The summed E-state index contributed by atoms with van der Waals surface area (Å²) in [7, 11) is 0. The molecule has 2 heterocycles. The van der Waals surface area contributed by atoms with Crippen LogP contribution < -0.4 is 5.32 Å². The SMILES string of the molecule is CCCN(Cc1cncn1CC)CC1CCCCN1. The third kappa shape index (κ3) is 4.32. The van der Waals surface area contributed by atoms with Crippen molar-refractivity contribution in [1.82, 2.24) is 19.8 Å². The van der Waals surface area contributed by atoms with E-state index in [4.69, 9.17) is 0 Å². The van der Waals surface area contributed by atoms with Crippen LogP contribution in [0.5, 0.6) is 0 Å². The van der Waals surface area contributed by atoms with Gasteiger partial charge in [0.25, 0.3) is 0 Å². The van der Waals surface area contributed by atoms with Crippen LogP contribution in [-0.4, -0.2) is 40.1 Å². The van der Waals surface area contributed by atoms with Gasteiger partial charge in [-0.2, -0.15) is 0 Å². The lowest BCUT2D eigenvalue weighted by Gasteiger charge is -2.30. The second-order valence-electron chi connectivity index (χ2n) is 5.55. The molecule has 0 aromatic carbocycles. The predicted molar refractivity (Wildman–Crippen MR) is 79.1 cm³/mol. The van der Waals surface area contributed by atoms with Gasteiger partial charge in [0.15, 0.2) is 0 Å². The smallest absolute Gasteiger partial charge is 0.0948 e. The molecule has 19 heavy (non-hydrogen) atoms. The van der Waals surface area contributed by atoms with Crippen LogP contribution in [-0.2, 0) is 13.1 Å². The number of rotatable bonds is 7. The van der Waals surface area contributed by atoms with Crippen molar-refractivity contribution in [2.75, 3.05) is 19.6 Å². The van der Waals surface area contributed by atoms with Crippen molar-refractivity contribution >= 4 is 0 Å². The summed E-state index contributed by atoms with van der Waals surface area (Å²) in [4.78, 5) is 6.85. The second-order valence-corrected chi connectivity index (χ2v) is 5.55. The number of imidazole rings is 1. The molecule has 2 rings (SSSR count). The fourth-order valence-electron chi connectivity index (χ4n) is 2.94. The van der Waals surface area contributed by atoms with E-state index in [2.05, 4.69) is 33.6 Å². The van der Waals surface area contributed by atoms with Crippen LogP contribution in [0.2, 0.25) is 0 Å². The predicted octanol–water partition coefficient (Wildman–Crippen LogP) is 2.26. The average molecular weight is 264 g/mol. The standard InChI is InChI=1S/C15H28N4/c1-3-9-18(11-14-7-5-6-8-17-14)12-15-10-16-13-19(15)4-2/h10,13-14,17H,3-9,11-12H2,1-2H3. The summed E-state index contributed by atoms with van der Waals surface area (Å²) in [6.07, 6.45) is 9.22. The summed E-state index contributed by atoms with van der Waals surface area (Å²) in [5, 5.41) is 3.65. The zero-order valence-corrected chi connectivity index (χ0v) is 12.4. The fraction of sp³-hybridized carbons (Fsp3) is 0.800. The van der Waals surface area contributed by atoms with Gasteiger partial charge in [0.1, 0.15) is 0 Å². The molecule has 0 saturated carbocycles. The zero-order chi connectivity index (χ0) is 13.5. The van der Waals surface area contributed by atoms with E-state index in [1.807, 2.05) is 12.5 Å². The van der Waals surface area contributed by atoms with Gasteiger partial charge in [-0.15, -0.1) is 0 Å². The monoisotopic (exact) mass is 264 g/mol. The Morgan fingerprint density at radius 1 is 1.42 bits per heavy atom. The summed E-state index contributed by atoms with van der Waals surface area (Å²) >= 11 is 0. The van der Waals surface area contributed by atoms with Gasteiger partial charge in [-0.3, -0.25) is 4.90 Å². The average Bonchev–Trinajstić information content (AvgIpc) is 2.87. The van der Waals surface area contributed by atoms with Crippen molar-refractivity contribution in [3.8, 4) is 0 Å². The van der Waals surface area contributed by atoms with E-state index in [9.17, 15) is 0 Å². The Bertz CT molecular complexity index is 355. The maximum Gasteiger partial charge on any atom is 0.0948 e. The molecule has 0 amide bonds. The van der Waals surface area contributed by atoms with Crippen molar-refractivity contribution in [2.24, 2.45) is 0 Å². The maximum atomic E-state index is 4.27. The fourth-order valence-corrected chi connectivity index (χ4v) is 2.94. The summed E-state index contributed by atoms with van der Waals surface area (Å²) in [5.41, 5.74) is 1.34. The Hall–Kier alpha value is -0.870. The number of aryl methyl sites for hydroxylation is 1. The lowest BCUT2D eigenvalue weighted by molar-refractivity contribution is 0.213. The van der Waals surface area contributed by atoms with Gasteiger partial charge in [-0.1, -0.05) is 13.3 Å². The molecular weight excluding hydrogens is 236 g/mol. The molecule has 1 N–H and O–H groups in total. The van der Waals surface area contributed by atoms with Gasteiger partial charge in [-0.05, 0) is 39.3 Å². The van der Waals surface area contributed by atoms with Crippen molar-refractivity contribution in [1.29, 1.82) is 0 Å². The molecule has 1 fully saturated rings. The molecule has 0 spiro atoms. The number of hydrogen-bond acceptors (Lipinski definition) is 3. The Kier molecular flexibility index (Phi) is 5.86. The van der Waals surface area contributed by atoms with E-state index in [0.29, 0.717) is 6.04 Å². The first-order valence-electron chi connectivity index (χ1n) is 7.78. The van der Waals surface area contributed by atoms with Gasteiger partial charge in [0.05, 0.1) is 12.0 Å². The minimum absolute atomic E-state index is 0.679. The Morgan fingerprint density at radius 2 is 2.32 bits per heavy atom. The molecule has 1 saturated heterocycles. The Balaban J connectivity index is 1.91. The molecule has 0 aliphatic carbocycles. The maximum absolute atomic E-state index is 4.27. The van der Waals surface area contributed by atoms with Crippen LogP contribution in [0.25, 0.3) is 0 Å². The van der Waals surface area contributed by atoms with Crippen LogP contribution >= 0.6 is 0 Å². The molecule has 108 valence electrons. The topological polar surface area (TPSA) is 33.1 Å². The molecule has 1 aromatic rings. The molecule has 1 atom stereocenters. The molecule has 0 bridgehead atoms. The van der Waals surface area contributed by atoms with Crippen LogP contribution in [0.3, 0.4) is 0 Å². The summed E-state index contributed by atoms with van der Waals surface area (Å²) in [6, 6.07) is 0.679.